The van der Waals surface area contributed by atoms with Crippen molar-refractivity contribution in [2.24, 2.45) is 0 Å². The van der Waals surface area contributed by atoms with E-state index in [2.05, 4.69) is 21.2 Å². The average Bonchev–Trinajstić information content (AvgIpc) is 2.92. The largest absolute Gasteiger partial charge is 0.494 e. The van der Waals surface area contributed by atoms with Gasteiger partial charge in [0.25, 0.3) is 11.6 Å². The molecule has 0 saturated heterocycles. The number of amides is 1. The second-order valence-corrected chi connectivity index (χ2v) is 8.73. The molecule has 9 nitrogen and oxygen atoms in total. The van der Waals surface area contributed by atoms with Crippen molar-refractivity contribution < 1.29 is 24.0 Å². The summed E-state index contributed by atoms with van der Waals surface area (Å²) in [6, 6.07) is 23.1. The number of ether oxygens (including phenoxy) is 2. The van der Waals surface area contributed by atoms with Crippen LogP contribution in [0.15, 0.2) is 88.9 Å². The zero-order valence-electron chi connectivity index (χ0n) is 19.8. The number of nitrogens with one attached hydrogen (secondary N) is 1. The SMILES string of the molecule is COc1cc([N+](=O)[O-])ccc1NC(=O)/C(C#N)=C/c1ccc(OC(=O)c2cccc3ccccc23)c(Br)c1. The van der Waals surface area contributed by atoms with Crippen LogP contribution in [-0.4, -0.2) is 23.9 Å². The molecule has 188 valence electrons. The van der Waals surface area contributed by atoms with Crippen LogP contribution in [0.3, 0.4) is 0 Å². The second kappa shape index (κ2) is 11.4. The fourth-order valence-corrected chi connectivity index (χ4v) is 4.13. The molecule has 0 aliphatic heterocycles. The first kappa shape index (κ1) is 26.1. The van der Waals surface area contributed by atoms with Crippen molar-refractivity contribution in [2.45, 2.75) is 0 Å². The van der Waals surface area contributed by atoms with Crippen LogP contribution in [-0.2, 0) is 4.79 Å². The van der Waals surface area contributed by atoms with Gasteiger partial charge in [-0.25, -0.2) is 4.79 Å². The Morgan fingerprint density at radius 1 is 1.03 bits per heavy atom. The van der Waals surface area contributed by atoms with Gasteiger partial charge >= 0.3 is 5.97 Å². The molecule has 1 amide bonds. The third-order valence-corrected chi connectivity index (χ3v) is 6.11. The molecule has 0 unspecified atom stereocenters. The van der Waals surface area contributed by atoms with Crippen LogP contribution < -0.4 is 14.8 Å². The number of methoxy groups -OCH3 is 1. The van der Waals surface area contributed by atoms with E-state index in [1.54, 1.807) is 30.3 Å². The van der Waals surface area contributed by atoms with Crippen molar-refractivity contribution in [3.8, 4) is 17.6 Å². The van der Waals surface area contributed by atoms with Crippen molar-refractivity contribution in [1.82, 2.24) is 0 Å². The summed E-state index contributed by atoms with van der Waals surface area (Å²) in [5.41, 5.74) is 0.647. The number of anilines is 1. The minimum Gasteiger partial charge on any atom is -0.494 e. The van der Waals surface area contributed by atoms with Gasteiger partial charge in [-0.2, -0.15) is 5.26 Å². The van der Waals surface area contributed by atoms with Crippen molar-refractivity contribution >= 4 is 56.0 Å². The summed E-state index contributed by atoms with van der Waals surface area (Å²) in [4.78, 5) is 36.0. The highest BCUT2D eigenvalue weighted by atomic mass is 79.9. The maximum Gasteiger partial charge on any atom is 0.344 e. The van der Waals surface area contributed by atoms with Gasteiger partial charge in [0.2, 0.25) is 0 Å². The molecule has 0 spiro atoms. The van der Waals surface area contributed by atoms with E-state index in [0.29, 0.717) is 15.6 Å². The molecule has 10 heteroatoms. The molecule has 1 N–H and O–H groups in total. The van der Waals surface area contributed by atoms with Gasteiger partial charge in [-0.1, -0.05) is 42.5 Å². The van der Waals surface area contributed by atoms with Gasteiger partial charge in [-0.15, -0.1) is 0 Å². The fraction of sp³-hybridized carbons (Fsp3) is 0.0357. The number of halogens is 1. The number of non-ortho nitro benzene ring substituents is 1. The van der Waals surface area contributed by atoms with E-state index in [1.807, 2.05) is 36.4 Å². The fourth-order valence-electron chi connectivity index (χ4n) is 3.65. The van der Waals surface area contributed by atoms with Gasteiger partial charge in [-0.05, 0) is 62.6 Å². The Kier molecular flexibility index (Phi) is 7.80. The number of fused-ring (bicyclic) bond motifs is 1. The van der Waals surface area contributed by atoms with Crippen LogP contribution in [0.5, 0.6) is 11.5 Å². The van der Waals surface area contributed by atoms with E-state index in [-0.39, 0.29) is 28.4 Å². The normalized spacial score (nSPS) is 10.9. The lowest BCUT2D eigenvalue weighted by molar-refractivity contribution is -0.384. The first-order chi connectivity index (χ1) is 18.3. The predicted molar refractivity (Wildman–Crippen MR) is 145 cm³/mol. The van der Waals surface area contributed by atoms with Gasteiger partial charge in [-0.3, -0.25) is 14.9 Å². The van der Waals surface area contributed by atoms with E-state index >= 15 is 0 Å². The van der Waals surface area contributed by atoms with Crippen molar-refractivity contribution in [1.29, 1.82) is 5.26 Å². The minimum atomic E-state index is -0.734. The number of nitro benzene ring substituents is 1. The van der Waals surface area contributed by atoms with Gasteiger partial charge in [0.05, 0.1) is 33.8 Å². The zero-order valence-corrected chi connectivity index (χ0v) is 21.4. The quantitative estimate of drug-likeness (QED) is 0.0688. The molecule has 0 saturated carbocycles. The lowest BCUT2D eigenvalue weighted by atomic mass is 10.0. The molecule has 0 aliphatic rings. The number of hydrogen-bond donors (Lipinski definition) is 1. The monoisotopic (exact) mass is 571 g/mol. The van der Waals surface area contributed by atoms with Crippen molar-refractivity contribution in [3.05, 3.63) is 110 Å². The summed E-state index contributed by atoms with van der Waals surface area (Å²) >= 11 is 3.38. The number of hydrogen-bond acceptors (Lipinski definition) is 7. The molecular formula is C28H18BrN3O6. The molecule has 0 fully saturated rings. The molecule has 0 radical (unpaired) electrons. The first-order valence-electron chi connectivity index (χ1n) is 11.1. The Balaban J connectivity index is 1.53. The van der Waals surface area contributed by atoms with Crippen LogP contribution in [0.1, 0.15) is 15.9 Å². The first-order valence-corrected chi connectivity index (χ1v) is 11.8. The third-order valence-electron chi connectivity index (χ3n) is 5.49. The molecule has 4 rings (SSSR count). The average molecular weight is 572 g/mol. The second-order valence-electron chi connectivity index (χ2n) is 7.87. The standard InChI is InChI=1S/C28H18BrN3O6/c1-37-26-15-20(32(35)36)10-11-24(26)31-27(33)19(16-30)13-17-9-12-25(23(29)14-17)38-28(34)22-8-4-6-18-5-2-3-7-21(18)22/h2-15H,1H3,(H,31,33)/b19-13+. The van der Waals surface area contributed by atoms with E-state index in [1.165, 1.54) is 31.4 Å². The van der Waals surface area contributed by atoms with Crippen molar-refractivity contribution in [2.75, 3.05) is 12.4 Å². The Morgan fingerprint density at radius 2 is 1.79 bits per heavy atom. The van der Waals surface area contributed by atoms with Gasteiger partial charge in [0, 0.05) is 6.07 Å². The van der Waals surface area contributed by atoms with Crippen LogP contribution in [0, 0.1) is 21.4 Å². The number of esters is 1. The summed E-state index contributed by atoms with van der Waals surface area (Å²) in [5.74, 6) is -0.925. The summed E-state index contributed by atoms with van der Waals surface area (Å²) < 4.78 is 11.1. The molecule has 0 bridgehead atoms. The highest BCUT2D eigenvalue weighted by Crippen LogP contribution is 2.31. The highest BCUT2D eigenvalue weighted by molar-refractivity contribution is 9.10. The maximum atomic E-state index is 12.9. The number of benzene rings is 4. The molecule has 0 heterocycles. The summed E-state index contributed by atoms with van der Waals surface area (Å²) in [6.45, 7) is 0. The summed E-state index contributed by atoms with van der Waals surface area (Å²) in [6.07, 6.45) is 1.36. The Hall–Kier alpha value is -5.01. The molecule has 0 atom stereocenters. The Morgan fingerprint density at radius 3 is 2.50 bits per heavy atom. The maximum absolute atomic E-state index is 12.9. The number of nitrogens with zero attached hydrogens (tertiary/aromatic N) is 2. The smallest absolute Gasteiger partial charge is 0.344 e. The van der Waals surface area contributed by atoms with Gasteiger partial charge in [0.15, 0.2) is 0 Å². The number of carbonyl (C=O) groups is 2. The van der Waals surface area contributed by atoms with Crippen molar-refractivity contribution in [3.63, 3.8) is 0 Å². The van der Waals surface area contributed by atoms with Crippen LogP contribution >= 0.6 is 15.9 Å². The predicted octanol–water partition coefficient (Wildman–Crippen LogP) is 6.28. The van der Waals surface area contributed by atoms with Gasteiger partial charge in [0.1, 0.15) is 23.1 Å². The van der Waals surface area contributed by atoms with Gasteiger partial charge < -0.3 is 14.8 Å². The summed E-state index contributed by atoms with van der Waals surface area (Å²) in [7, 11) is 1.31. The van der Waals surface area contributed by atoms with Crippen LogP contribution in [0.25, 0.3) is 16.8 Å². The Bertz CT molecular complexity index is 1650. The molecule has 0 aliphatic carbocycles. The number of rotatable bonds is 7. The number of nitriles is 1. The lowest BCUT2D eigenvalue weighted by Crippen LogP contribution is -2.14. The highest BCUT2D eigenvalue weighted by Gasteiger charge is 2.17. The minimum absolute atomic E-state index is 0.0740. The zero-order chi connectivity index (χ0) is 27.2. The van der Waals surface area contributed by atoms with E-state index in [9.17, 15) is 25.0 Å². The topological polar surface area (TPSA) is 132 Å². The molecule has 4 aromatic carbocycles. The Labute approximate surface area is 225 Å². The number of carbonyl (C=O) groups excluding carboxylic acids is 2. The molecular weight excluding hydrogens is 554 g/mol. The van der Waals surface area contributed by atoms with E-state index < -0.39 is 16.8 Å². The molecule has 4 aromatic rings. The summed E-state index contributed by atoms with van der Waals surface area (Å²) in [5, 5.41) is 24.7. The third kappa shape index (κ3) is 5.69. The van der Waals surface area contributed by atoms with Crippen LogP contribution in [0.4, 0.5) is 11.4 Å². The lowest BCUT2D eigenvalue weighted by Gasteiger charge is -2.10. The van der Waals surface area contributed by atoms with E-state index in [0.717, 1.165) is 10.8 Å². The molecule has 38 heavy (non-hydrogen) atoms. The van der Waals surface area contributed by atoms with E-state index in [4.69, 9.17) is 9.47 Å². The molecule has 0 aromatic heterocycles. The number of nitro groups is 1. The van der Waals surface area contributed by atoms with Crippen LogP contribution in [0.2, 0.25) is 0 Å².